The Morgan fingerprint density at radius 2 is 0.656 bits per heavy atom. The number of aryl methyl sites for hydroxylation is 1. The first kappa shape index (κ1) is 42.7. The van der Waals surface area contributed by atoms with Crippen molar-refractivity contribution in [1.82, 2.24) is 9.55 Å². The summed E-state index contributed by atoms with van der Waals surface area (Å²) in [5.74, 6) is 3.58. The first-order valence-corrected chi connectivity index (χ1v) is 21.0. The molecule has 64 heavy (non-hydrogen) atoms. The van der Waals surface area contributed by atoms with Crippen LogP contribution in [-0.2, 0) is 46.2 Å². The van der Waals surface area contributed by atoms with E-state index in [2.05, 4.69) is 4.98 Å². The standard InChI is InChI=1S/C54H48N2O8/c1-39-31-56(54(58)55-53(39)57)32-44-22-47(63-37-45-24-49(59-33-40-14-6-2-7-15-40)29-50(25-45)60-34-41-16-8-3-9-17-41)28-48(23-44)64-38-46-26-51(61-35-42-18-10-4-11-19-42)30-52(27-46)62-36-43-20-12-5-13-21-43/h2-31H,32-38H2,1H3,(H,55,57,58). The van der Waals surface area contributed by atoms with Crippen LogP contribution in [0, 0.1) is 6.92 Å². The van der Waals surface area contributed by atoms with Crippen molar-refractivity contribution >= 4 is 0 Å². The molecule has 322 valence electrons. The molecule has 0 aliphatic carbocycles. The predicted molar refractivity (Wildman–Crippen MR) is 246 cm³/mol. The Morgan fingerprint density at radius 3 is 0.969 bits per heavy atom. The van der Waals surface area contributed by atoms with Gasteiger partial charge in [-0.3, -0.25) is 14.3 Å². The highest BCUT2D eigenvalue weighted by molar-refractivity contribution is 5.43. The summed E-state index contributed by atoms with van der Waals surface area (Å²) < 4.78 is 39.4. The second-order valence-corrected chi connectivity index (χ2v) is 15.3. The normalized spacial score (nSPS) is 10.8. The lowest BCUT2D eigenvalue weighted by Crippen LogP contribution is -2.31. The average molecular weight is 853 g/mol. The van der Waals surface area contributed by atoms with Crippen molar-refractivity contribution < 1.29 is 28.4 Å². The largest absolute Gasteiger partial charge is 0.489 e. The summed E-state index contributed by atoms with van der Waals surface area (Å²) in [5, 5.41) is 0. The minimum Gasteiger partial charge on any atom is -0.489 e. The van der Waals surface area contributed by atoms with Crippen molar-refractivity contribution in [3.63, 3.8) is 0 Å². The smallest absolute Gasteiger partial charge is 0.328 e. The molecule has 0 atom stereocenters. The molecular weight excluding hydrogens is 805 g/mol. The van der Waals surface area contributed by atoms with Crippen LogP contribution in [0.4, 0.5) is 0 Å². The molecule has 0 radical (unpaired) electrons. The summed E-state index contributed by atoms with van der Waals surface area (Å²) in [6.07, 6.45) is 1.55. The Morgan fingerprint density at radius 1 is 0.375 bits per heavy atom. The molecule has 1 heterocycles. The number of benzene rings is 7. The molecule has 0 fully saturated rings. The Labute approximate surface area is 371 Å². The molecule has 1 N–H and O–H groups in total. The summed E-state index contributed by atoms with van der Waals surface area (Å²) in [6, 6.07) is 56.9. The van der Waals surface area contributed by atoms with E-state index >= 15 is 0 Å². The Kier molecular flexibility index (Phi) is 14.1. The number of aromatic amines is 1. The maximum Gasteiger partial charge on any atom is 0.328 e. The fraction of sp³-hybridized carbons (Fsp3) is 0.148. The molecule has 0 bridgehead atoms. The highest BCUT2D eigenvalue weighted by Crippen LogP contribution is 2.30. The van der Waals surface area contributed by atoms with Gasteiger partial charge >= 0.3 is 5.69 Å². The van der Waals surface area contributed by atoms with Gasteiger partial charge in [-0.1, -0.05) is 121 Å². The molecule has 8 rings (SSSR count). The zero-order valence-electron chi connectivity index (χ0n) is 35.5. The van der Waals surface area contributed by atoms with Gasteiger partial charge in [0.25, 0.3) is 5.56 Å². The maximum absolute atomic E-state index is 12.9. The zero-order chi connectivity index (χ0) is 43.9. The molecule has 0 unspecified atom stereocenters. The van der Waals surface area contributed by atoms with Crippen LogP contribution in [0.1, 0.15) is 44.5 Å². The highest BCUT2D eigenvalue weighted by Gasteiger charge is 2.12. The monoisotopic (exact) mass is 852 g/mol. The third kappa shape index (κ3) is 12.5. The van der Waals surface area contributed by atoms with Gasteiger partial charge in [0.2, 0.25) is 0 Å². The van der Waals surface area contributed by atoms with Gasteiger partial charge in [-0.25, -0.2) is 4.79 Å². The van der Waals surface area contributed by atoms with Gasteiger partial charge in [-0.15, -0.1) is 0 Å². The minimum absolute atomic E-state index is 0.157. The molecule has 0 saturated heterocycles. The van der Waals surface area contributed by atoms with Crippen LogP contribution in [0.15, 0.2) is 192 Å². The number of H-pyrrole nitrogens is 1. The molecule has 10 nitrogen and oxygen atoms in total. The number of hydrogen-bond acceptors (Lipinski definition) is 8. The van der Waals surface area contributed by atoms with Gasteiger partial charge in [0.05, 0.1) is 6.54 Å². The van der Waals surface area contributed by atoms with E-state index in [0.717, 1.165) is 38.9 Å². The van der Waals surface area contributed by atoms with Gasteiger partial charge in [-0.05, 0) is 82.3 Å². The van der Waals surface area contributed by atoms with Crippen molar-refractivity contribution in [3.8, 4) is 34.5 Å². The third-order valence-corrected chi connectivity index (χ3v) is 10.2. The quantitative estimate of drug-likeness (QED) is 0.0807. The molecule has 10 heteroatoms. The number of ether oxygens (including phenoxy) is 6. The van der Waals surface area contributed by atoms with E-state index in [-0.39, 0.29) is 19.8 Å². The molecule has 0 aliphatic heterocycles. The van der Waals surface area contributed by atoms with E-state index in [9.17, 15) is 9.59 Å². The van der Waals surface area contributed by atoms with E-state index in [1.807, 2.05) is 176 Å². The van der Waals surface area contributed by atoms with E-state index in [4.69, 9.17) is 28.4 Å². The van der Waals surface area contributed by atoms with Gasteiger partial charge in [0.1, 0.15) is 74.1 Å². The lowest BCUT2D eigenvalue weighted by atomic mass is 10.1. The Hall–Kier alpha value is -7.98. The van der Waals surface area contributed by atoms with Crippen molar-refractivity contribution in [2.45, 2.75) is 53.1 Å². The second kappa shape index (κ2) is 21.2. The SMILES string of the molecule is Cc1cn(Cc2cc(OCc3cc(OCc4ccccc4)cc(OCc4ccccc4)c3)cc(OCc3cc(OCc4ccccc4)cc(OCc4ccccc4)c3)c2)c(=O)[nH]c1=O. The molecule has 1 aromatic heterocycles. The molecule has 0 saturated carbocycles. The van der Waals surface area contributed by atoms with Crippen LogP contribution in [0.25, 0.3) is 0 Å². The number of hydrogen-bond donors (Lipinski definition) is 1. The Bertz CT molecular complexity index is 2580. The number of nitrogens with zero attached hydrogens (tertiary/aromatic N) is 1. The van der Waals surface area contributed by atoms with Crippen LogP contribution in [0.3, 0.4) is 0 Å². The van der Waals surface area contributed by atoms with Crippen LogP contribution < -0.4 is 39.7 Å². The lowest BCUT2D eigenvalue weighted by molar-refractivity contribution is 0.275. The third-order valence-electron chi connectivity index (χ3n) is 10.2. The molecule has 7 aromatic carbocycles. The summed E-state index contributed by atoms with van der Waals surface area (Å²) in [4.78, 5) is 27.5. The van der Waals surface area contributed by atoms with Crippen molar-refractivity contribution in [1.29, 1.82) is 0 Å². The van der Waals surface area contributed by atoms with Gasteiger partial charge in [0.15, 0.2) is 0 Å². The predicted octanol–water partition coefficient (Wildman–Crippen LogP) is 10.4. The van der Waals surface area contributed by atoms with Gasteiger partial charge in [0, 0.05) is 30.0 Å². The van der Waals surface area contributed by atoms with Crippen molar-refractivity contribution in [2.24, 2.45) is 0 Å². The average Bonchev–Trinajstić information content (AvgIpc) is 3.33. The van der Waals surface area contributed by atoms with Gasteiger partial charge in [-0.2, -0.15) is 0 Å². The number of nitrogens with one attached hydrogen (secondary N) is 1. The van der Waals surface area contributed by atoms with E-state index < -0.39 is 11.2 Å². The van der Waals surface area contributed by atoms with Gasteiger partial charge < -0.3 is 28.4 Å². The fourth-order valence-electron chi connectivity index (χ4n) is 6.88. The topological polar surface area (TPSA) is 110 Å². The zero-order valence-corrected chi connectivity index (χ0v) is 35.5. The molecular formula is C54H48N2O8. The second-order valence-electron chi connectivity index (χ2n) is 15.3. The summed E-state index contributed by atoms with van der Waals surface area (Å²) in [7, 11) is 0. The fourth-order valence-corrected chi connectivity index (χ4v) is 6.88. The maximum atomic E-state index is 12.9. The first-order valence-electron chi connectivity index (χ1n) is 21.0. The van der Waals surface area contributed by atoms with Crippen LogP contribution in [0.2, 0.25) is 0 Å². The summed E-state index contributed by atoms with van der Waals surface area (Å²) in [5.41, 5.74) is 6.01. The number of aromatic nitrogens is 2. The van der Waals surface area contributed by atoms with Crippen molar-refractivity contribution in [2.75, 3.05) is 0 Å². The molecule has 0 aliphatic rings. The summed E-state index contributed by atoms with van der Waals surface area (Å²) >= 11 is 0. The van der Waals surface area contributed by atoms with E-state index in [1.54, 1.807) is 13.1 Å². The molecule has 8 aromatic rings. The van der Waals surface area contributed by atoms with Crippen molar-refractivity contribution in [3.05, 3.63) is 247 Å². The van der Waals surface area contributed by atoms with E-state index in [0.29, 0.717) is 66.5 Å². The molecule has 0 spiro atoms. The van der Waals surface area contributed by atoms with Crippen LogP contribution in [0.5, 0.6) is 34.5 Å². The molecule has 0 amide bonds. The summed E-state index contributed by atoms with van der Waals surface area (Å²) in [6.45, 7) is 3.72. The van der Waals surface area contributed by atoms with Crippen LogP contribution >= 0.6 is 0 Å². The lowest BCUT2D eigenvalue weighted by Gasteiger charge is -2.16. The first-order chi connectivity index (χ1) is 31.4. The number of rotatable bonds is 20. The van der Waals surface area contributed by atoms with E-state index in [1.165, 1.54) is 4.57 Å². The highest BCUT2D eigenvalue weighted by atomic mass is 16.5. The van der Waals surface area contributed by atoms with Crippen LogP contribution in [-0.4, -0.2) is 9.55 Å². The minimum atomic E-state index is -0.518. The Balaban J connectivity index is 1.05.